The summed E-state index contributed by atoms with van der Waals surface area (Å²) in [5.41, 5.74) is -0.253. The highest BCUT2D eigenvalue weighted by atomic mass is 79.9. The smallest absolute Gasteiger partial charge is 0.339 e. The lowest BCUT2D eigenvalue weighted by molar-refractivity contribution is 0.0596. The molecule has 0 fully saturated rings. The number of halogens is 1. The standard InChI is InChI=1S/C15H23BrN2O4S/c1-15(2,10-18(3)4)9-17-23(20,21)13-7-6-11(16)8-12(13)14(19)22-5/h6-8,17H,9-10H2,1-5H3. The molecule has 1 rings (SSSR count). The van der Waals surface area contributed by atoms with Crippen molar-refractivity contribution in [3.8, 4) is 0 Å². The highest BCUT2D eigenvalue weighted by Crippen LogP contribution is 2.23. The highest BCUT2D eigenvalue weighted by Gasteiger charge is 2.26. The van der Waals surface area contributed by atoms with E-state index in [-0.39, 0.29) is 22.4 Å². The van der Waals surface area contributed by atoms with Crippen LogP contribution < -0.4 is 4.72 Å². The van der Waals surface area contributed by atoms with Crippen LogP contribution in [0.2, 0.25) is 0 Å². The molecule has 0 spiro atoms. The van der Waals surface area contributed by atoms with Gasteiger partial charge in [-0.3, -0.25) is 0 Å². The van der Waals surface area contributed by atoms with E-state index in [1.165, 1.54) is 19.2 Å². The van der Waals surface area contributed by atoms with Crippen molar-refractivity contribution in [2.45, 2.75) is 18.7 Å². The maximum atomic E-state index is 12.6. The molecule has 6 nitrogen and oxygen atoms in total. The van der Waals surface area contributed by atoms with E-state index in [0.717, 1.165) is 6.54 Å². The number of sulfonamides is 1. The number of ether oxygens (including phenoxy) is 1. The SMILES string of the molecule is COC(=O)c1cc(Br)ccc1S(=O)(=O)NCC(C)(C)CN(C)C. The van der Waals surface area contributed by atoms with Gasteiger partial charge in [0.15, 0.2) is 0 Å². The minimum atomic E-state index is -3.82. The van der Waals surface area contributed by atoms with Crippen LogP contribution in [0.3, 0.4) is 0 Å². The minimum absolute atomic E-state index is 0.000194. The number of benzene rings is 1. The number of carbonyl (C=O) groups excluding carboxylic acids is 1. The number of nitrogens with zero attached hydrogens (tertiary/aromatic N) is 1. The first-order valence-electron chi connectivity index (χ1n) is 7.01. The van der Waals surface area contributed by atoms with Crippen LogP contribution in [-0.2, 0) is 14.8 Å². The molecule has 1 N–H and O–H groups in total. The van der Waals surface area contributed by atoms with Gasteiger partial charge in [-0.25, -0.2) is 17.9 Å². The van der Waals surface area contributed by atoms with E-state index in [2.05, 4.69) is 25.4 Å². The Morgan fingerprint density at radius 3 is 2.48 bits per heavy atom. The Kier molecular flexibility index (Phi) is 6.76. The maximum absolute atomic E-state index is 12.6. The first-order chi connectivity index (χ1) is 10.5. The summed E-state index contributed by atoms with van der Waals surface area (Å²) in [7, 11) is 1.26. The van der Waals surface area contributed by atoms with E-state index in [1.807, 2.05) is 32.8 Å². The van der Waals surface area contributed by atoms with Crippen molar-refractivity contribution >= 4 is 31.9 Å². The normalized spacial score (nSPS) is 12.5. The Bertz CT molecular complexity index is 672. The van der Waals surface area contributed by atoms with Crippen molar-refractivity contribution < 1.29 is 17.9 Å². The fourth-order valence-corrected chi connectivity index (χ4v) is 4.06. The second kappa shape index (κ2) is 7.74. The fraction of sp³-hybridized carbons (Fsp3) is 0.533. The minimum Gasteiger partial charge on any atom is -0.465 e. The molecule has 0 heterocycles. The van der Waals surface area contributed by atoms with E-state index >= 15 is 0 Å². The van der Waals surface area contributed by atoms with Crippen molar-refractivity contribution in [3.05, 3.63) is 28.2 Å². The summed E-state index contributed by atoms with van der Waals surface area (Å²) in [6.45, 7) is 4.92. The van der Waals surface area contributed by atoms with Gasteiger partial charge in [-0.15, -0.1) is 0 Å². The molecule has 0 bridgehead atoms. The molecular weight excluding hydrogens is 384 g/mol. The second-order valence-electron chi connectivity index (χ2n) is 6.36. The van der Waals surface area contributed by atoms with Gasteiger partial charge in [0.2, 0.25) is 10.0 Å². The largest absolute Gasteiger partial charge is 0.465 e. The predicted octanol–water partition coefficient (Wildman–Crippen LogP) is 2.10. The molecule has 0 saturated heterocycles. The van der Waals surface area contributed by atoms with Gasteiger partial charge in [0.1, 0.15) is 0 Å². The zero-order valence-corrected chi connectivity index (χ0v) is 16.4. The van der Waals surface area contributed by atoms with Crippen molar-refractivity contribution in [2.75, 3.05) is 34.3 Å². The van der Waals surface area contributed by atoms with E-state index in [9.17, 15) is 13.2 Å². The van der Waals surface area contributed by atoms with Gasteiger partial charge < -0.3 is 9.64 Å². The molecule has 23 heavy (non-hydrogen) atoms. The third-order valence-electron chi connectivity index (χ3n) is 3.12. The summed E-state index contributed by atoms with van der Waals surface area (Å²) in [5.74, 6) is -0.695. The van der Waals surface area contributed by atoms with Crippen LogP contribution in [0.4, 0.5) is 0 Å². The number of hydrogen-bond acceptors (Lipinski definition) is 5. The van der Waals surface area contributed by atoms with Crippen LogP contribution in [0.1, 0.15) is 24.2 Å². The number of rotatable bonds is 7. The van der Waals surface area contributed by atoms with Crippen molar-refractivity contribution in [2.24, 2.45) is 5.41 Å². The lowest BCUT2D eigenvalue weighted by Crippen LogP contribution is -2.40. The van der Waals surface area contributed by atoms with Gasteiger partial charge in [-0.2, -0.15) is 0 Å². The van der Waals surface area contributed by atoms with Crippen molar-refractivity contribution in [1.29, 1.82) is 0 Å². The van der Waals surface area contributed by atoms with Gasteiger partial charge in [0, 0.05) is 17.6 Å². The molecule has 0 aliphatic heterocycles. The highest BCUT2D eigenvalue weighted by molar-refractivity contribution is 9.10. The number of nitrogens with one attached hydrogen (secondary N) is 1. The molecule has 1 aromatic carbocycles. The molecule has 130 valence electrons. The zero-order chi connectivity index (χ0) is 17.8. The average molecular weight is 407 g/mol. The van der Waals surface area contributed by atoms with Crippen LogP contribution in [-0.4, -0.2) is 53.6 Å². The fourth-order valence-electron chi connectivity index (χ4n) is 2.29. The molecule has 0 radical (unpaired) electrons. The van der Waals surface area contributed by atoms with Gasteiger partial charge in [0.25, 0.3) is 0 Å². The summed E-state index contributed by atoms with van der Waals surface area (Å²) < 4.78 is 33.0. The summed E-state index contributed by atoms with van der Waals surface area (Å²) in [6, 6.07) is 4.40. The molecule has 0 unspecified atom stereocenters. The third-order valence-corrected chi connectivity index (χ3v) is 5.07. The molecular formula is C15H23BrN2O4S. The first kappa shape index (κ1) is 20.1. The van der Waals surface area contributed by atoms with Crippen molar-refractivity contribution in [3.63, 3.8) is 0 Å². The molecule has 0 atom stereocenters. The topological polar surface area (TPSA) is 75.7 Å². The summed E-state index contributed by atoms with van der Waals surface area (Å²) >= 11 is 3.23. The molecule has 8 heteroatoms. The van der Waals surface area contributed by atoms with Gasteiger partial charge >= 0.3 is 5.97 Å². The van der Waals surface area contributed by atoms with Crippen LogP contribution in [0.25, 0.3) is 0 Å². The summed E-state index contributed by atoms with van der Waals surface area (Å²) in [4.78, 5) is 13.7. The Morgan fingerprint density at radius 2 is 1.96 bits per heavy atom. The molecule has 1 aromatic rings. The Balaban J connectivity index is 3.08. The molecule has 0 aromatic heterocycles. The Hall–Kier alpha value is -0.960. The second-order valence-corrected chi connectivity index (χ2v) is 9.01. The first-order valence-corrected chi connectivity index (χ1v) is 9.28. The molecule has 0 saturated carbocycles. The summed E-state index contributed by atoms with van der Waals surface area (Å²) in [6.07, 6.45) is 0. The van der Waals surface area contributed by atoms with Crippen LogP contribution in [0, 0.1) is 5.41 Å². The van der Waals surface area contributed by atoms with Gasteiger partial charge in [-0.1, -0.05) is 29.8 Å². The molecule has 0 amide bonds. The van der Waals surface area contributed by atoms with Crippen molar-refractivity contribution in [1.82, 2.24) is 9.62 Å². The monoisotopic (exact) mass is 406 g/mol. The van der Waals surface area contributed by atoms with Crippen LogP contribution in [0.5, 0.6) is 0 Å². The number of hydrogen-bond donors (Lipinski definition) is 1. The maximum Gasteiger partial charge on any atom is 0.339 e. The van der Waals surface area contributed by atoms with Crippen LogP contribution in [0.15, 0.2) is 27.6 Å². The quantitative estimate of drug-likeness (QED) is 0.701. The molecule has 0 aliphatic carbocycles. The van der Waals surface area contributed by atoms with Gasteiger partial charge in [-0.05, 0) is 37.7 Å². The predicted molar refractivity (Wildman–Crippen MR) is 93.0 cm³/mol. The number of methoxy groups -OCH3 is 1. The number of esters is 1. The lowest BCUT2D eigenvalue weighted by Gasteiger charge is -2.28. The van der Waals surface area contributed by atoms with E-state index in [1.54, 1.807) is 6.07 Å². The van der Waals surface area contributed by atoms with Gasteiger partial charge in [0.05, 0.1) is 17.6 Å². The number of carbonyl (C=O) groups is 1. The van der Waals surface area contributed by atoms with Crippen LogP contribution >= 0.6 is 15.9 Å². The average Bonchev–Trinajstić information content (AvgIpc) is 2.43. The third kappa shape index (κ3) is 5.87. The Labute approximate surface area is 146 Å². The Morgan fingerprint density at radius 1 is 1.35 bits per heavy atom. The van der Waals surface area contributed by atoms with E-state index < -0.39 is 16.0 Å². The lowest BCUT2D eigenvalue weighted by atomic mass is 9.93. The zero-order valence-electron chi connectivity index (χ0n) is 14.0. The van der Waals surface area contributed by atoms with E-state index in [0.29, 0.717) is 4.47 Å². The molecule has 0 aliphatic rings. The summed E-state index contributed by atoms with van der Waals surface area (Å²) in [5, 5.41) is 0. The van der Waals surface area contributed by atoms with E-state index in [4.69, 9.17) is 0 Å².